The monoisotopic (exact) mass is 758 g/mol. The van der Waals surface area contributed by atoms with Crippen LogP contribution in [-0.4, -0.2) is 19.9 Å². The van der Waals surface area contributed by atoms with Gasteiger partial charge in [0.15, 0.2) is 17.5 Å². The molecule has 6 heteroatoms. The number of nitrogens with zero attached hydrogens (tertiary/aromatic N) is 4. The van der Waals surface area contributed by atoms with Crippen molar-refractivity contribution in [3.63, 3.8) is 0 Å². The molecule has 5 nitrogen and oxygen atoms in total. The van der Waals surface area contributed by atoms with E-state index in [9.17, 15) is 0 Å². The van der Waals surface area contributed by atoms with Crippen LogP contribution in [0.3, 0.4) is 0 Å². The van der Waals surface area contributed by atoms with Crippen LogP contribution in [0.1, 0.15) is 0 Å². The van der Waals surface area contributed by atoms with E-state index in [1.54, 1.807) is 11.3 Å². The Labute approximate surface area is 336 Å². The number of aromatic nitrogens is 4. The molecule has 0 fully saturated rings. The maximum absolute atomic E-state index is 6.79. The van der Waals surface area contributed by atoms with E-state index in [2.05, 4.69) is 146 Å². The molecule has 0 aliphatic carbocycles. The van der Waals surface area contributed by atoms with E-state index in [0.29, 0.717) is 17.5 Å². The minimum absolute atomic E-state index is 0.620. The van der Waals surface area contributed by atoms with Crippen molar-refractivity contribution in [1.29, 1.82) is 0 Å². The topological polar surface area (TPSA) is 64.7 Å². The molecule has 0 saturated carbocycles. The Hall–Kier alpha value is -7.54. The molecular weight excluding hydrogens is 729 g/mol. The minimum atomic E-state index is 0.620. The molecule has 0 aliphatic heterocycles. The van der Waals surface area contributed by atoms with E-state index < -0.39 is 0 Å². The average molecular weight is 759 g/mol. The van der Waals surface area contributed by atoms with Gasteiger partial charge in [-0.1, -0.05) is 152 Å². The molecule has 0 radical (unpaired) electrons. The van der Waals surface area contributed by atoms with Crippen LogP contribution in [-0.2, 0) is 0 Å². The largest absolute Gasteiger partial charge is 0.455 e. The van der Waals surface area contributed by atoms with Gasteiger partial charge >= 0.3 is 0 Å². The highest BCUT2D eigenvalue weighted by Crippen LogP contribution is 2.44. The Bertz CT molecular complexity index is 3560. The summed E-state index contributed by atoms with van der Waals surface area (Å²) >= 11 is 1.79. The molecule has 0 aliphatic rings. The quantitative estimate of drug-likeness (QED) is 0.164. The molecule has 0 saturated heterocycles. The standard InChI is InChI=1S/C52H30N4OS/c1-3-13-32(14-4-1)48-38-29-30-42-47(46(38)36-17-7-9-22-41(36)53-48)39-20-11-19-35(49(39)57-42)31-25-27-34(28-26-31)51-54-50(33-15-5-2-6-16-33)55-52(56-51)40-21-12-24-44-45(40)37-18-8-10-23-43(37)58-44/h1-30H. The maximum Gasteiger partial charge on any atom is 0.164 e. The maximum atomic E-state index is 6.79. The van der Waals surface area contributed by atoms with Crippen LogP contribution in [0, 0.1) is 0 Å². The van der Waals surface area contributed by atoms with Crippen LogP contribution < -0.4 is 0 Å². The van der Waals surface area contributed by atoms with Crippen LogP contribution in [0.5, 0.6) is 0 Å². The number of fused-ring (bicyclic) bond motifs is 10. The number of hydrogen-bond donors (Lipinski definition) is 0. The van der Waals surface area contributed by atoms with Crippen molar-refractivity contribution in [3.8, 4) is 56.5 Å². The number of para-hydroxylation sites is 2. The van der Waals surface area contributed by atoms with E-state index in [1.807, 2.05) is 36.4 Å². The lowest BCUT2D eigenvalue weighted by Crippen LogP contribution is -2.00. The van der Waals surface area contributed by atoms with Crippen molar-refractivity contribution >= 4 is 75.1 Å². The van der Waals surface area contributed by atoms with Crippen molar-refractivity contribution in [3.05, 3.63) is 182 Å². The fourth-order valence-corrected chi connectivity index (χ4v) is 9.61. The number of hydrogen-bond acceptors (Lipinski definition) is 6. The molecule has 0 unspecified atom stereocenters. The number of furan rings is 1. The van der Waals surface area contributed by atoms with Gasteiger partial charge in [0.1, 0.15) is 11.2 Å². The average Bonchev–Trinajstić information content (AvgIpc) is 3.88. The molecule has 0 amide bonds. The summed E-state index contributed by atoms with van der Waals surface area (Å²) in [5, 5.41) is 7.91. The van der Waals surface area contributed by atoms with Gasteiger partial charge < -0.3 is 4.42 Å². The Morgan fingerprint density at radius 2 is 0.948 bits per heavy atom. The Morgan fingerprint density at radius 1 is 0.345 bits per heavy atom. The van der Waals surface area contributed by atoms with Gasteiger partial charge in [-0.2, -0.15) is 0 Å². The van der Waals surface area contributed by atoms with Crippen LogP contribution in [0.4, 0.5) is 0 Å². The summed E-state index contributed by atoms with van der Waals surface area (Å²) < 4.78 is 9.24. The van der Waals surface area contributed by atoms with Crippen molar-refractivity contribution in [1.82, 2.24) is 19.9 Å². The van der Waals surface area contributed by atoms with Crippen molar-refractivity contribution in [2.45, 2.75) is 0 Å². The van der Waals surface area contributed by atoms with Gasteiger partial charge in [0.25, 0.3) is 0 Å². The first-order valence-corrected chi connectivity index (χ1v) is 20.1. The number of thiophene rings is 1. The molecule has 0 N–H and O–H groups in total. The summed E-state index contributed by atoms with van der Waals surface area (Å²) in [7, 11) is 0. The fraction of sp³-hybridized carbons (Fsp3) is 0. The van der Waals surface area contributed by atoms with Crippen LogP contribution >= 0.6 is 11.3 Å². The first-order valence-electron chi connectivity index (χ1n) is 19.3. The van der Waals surface area contributed by atoms with Gasteiger partial charge in [-0.3, -0.25) is 0 Å². The molecule has 0 atom stereocenters. The van der Waals surface area contributed by atoms with Crippen LogP contribution in [0.25, 0.3) is 120 Å². The lowest BCUT2D eigenvalue weighted by molar-refractivity contribution is 0.670. The second kappa shape index (κ2) is 13.0. The Balaban J connectivity index is 1.01. The third-order valence-electron chi connectivity index (χ3n) is 11.1. The van der Waals surface area contributed by atoms with Crippen LogP contribution in [0.2, 0.25) is 0 Å². The molecular formula is C52H30N4OS. The number of pyridine rings is 1. The van der Waals surface area contributed by atoms with Gasteiger partial charge in [-0.15, -0.1) is 11.3 Å². The van der Waals surface area contributed by atoms with E-state index in [-0.39, 0.29) is 0 Å². The van der Waals surface area contributed by atoms with Crippen molar-refractivity contribution in [2.24, 2.45) is 0 Å². The summed E-state index contributed by atoms with van der Waals surface area (Å²) in [6.45, 7) is 0. The third kappa shape index (κ3) is 5.16. The predicted molar refractivity (Wildman–Crippen MR) is 240 cm³/mol. The Morgan fingerprint density at radius 3 is 1.76 bits per heavy atom. The lowest BCUT2D eigenvalue weighted by Gasteiger charge is -2.11. The highest BCUT2D eigenvalue weighted by molar-refractivity contribution is 7.25. The van der Waals surface area contributed by atoms with Crippen molar-refractivity contribution in [2.75, 3.05) is 0 Å². The second-order valence-corrected chi connectivity index (χ2v) is 15.6. The molecule has 270 valence electrons. The van der Waals surface area contributed by atoms with E-state index >= 15 is 0 Å². The molecule has 0 bridgehead atoms. The number of rotatable bonds is 5. The van der Waals surface area contributed by atoms with E-state index in [0.717, 1.165) is 82.7 Å². The van der Waals surface area contributed by atoms with Gasteiger partial charge in [-0.05, 0) is 35.9 Å². The molecule has 12 rings (SSSR count). The molecule has 12 aromatic rings. The Kier molecular flexibility index (Phi) is 7.33. The SMILES string of the molecule is c1ccc(-c2nc(-c3ccc(-c4cccc5c4oc4ccc6c(-c7ccccc7)nc7ccccc7c6c45)cc3)nc(-c3cccc4sc5ccccc5c34)n2)cc1. The lowest BCUT2D eigenvalue weighted by atomic mass is 9.95. The molecule has 0 spiro atoms. The zero-order valence-electron chi connectivity index (χ0n) is 30.9. The van der Waals surface area contributed by atoms with E-state index in [1.165, 1.54) is 20.2 Å². The molecule has 58 heavy (non-hydrogen) atoms. The zero-order valence-corrected chi connectivity index (χ0v) is 31.7. The summed E-state index contributed by atoms with van der Waals surface area (Å²) in [4.78, 5) is 20.5. The zero-order chi connectivity index (χ0) is 38.2. The summed E-state index contributed by atoms with van der Waals surface area (Å²) in [5.74, 6) is 1.91. The van der Waals surface area contributed by atoms with Crippen LogP contribution in [0.15, 0.2) is 186 Å². The molecule has 4 heterocycles. The normalized spacial score (nSPS) is 11.8. The smallest absolute Gasteiger partial charge is 0.164 e. The molecule has 4 aromatic heterocycles. The van der Waals surface area contributed by atoms with Gasteiger partial charge in [-0.25, -0.2) is 19.9 Å². The first-order chi connectivity index (χ1) is 28.7. The van der Waals surface area contributed by atoms with Crippen molar-refractivity contribution < 1.29 is 4.42 Å². The number of benzene rings is 8. The van der Waals surface area contributed by atoms with E-state index in [4.69, 9.17) is 24.4 Å². The highest BCUT2D eigenvalue weighted by atomic mass is 32.1. The third-order valence-corrected chi connectivity index (χ3v) is 12.3. The van der Waals surface area contributed by atoms with Gasteiger partial charge in [0.05, 0.1) is 11.2 Å². The fourth-order valence-electron chi connectivity index (χ4n) is 8.48. The first kappa shape index (κ1) is 32.7. The van der Waals surface area contributed by atoms with Gasteiger partial charge in [0, 0.05) is 74.9 Å². The second-order valence-electron chi connectivity index (χ2n) is 14.5. The summed E-state index contributed by atoms with van der Waals surface area (Å²) in [6, 6.07) is 63.1. The highest BCUT2D eigenvalue weighted by Gasteiger charge is 2.20. The molecule has 8 aromatic carbocycles. The summed E-state index contributed by atoms with van der Waals surface area (Å²) in [5.41, 5.74) is 9.62. The minimum Gasteiger partial charge on any atom is -0.455 e. The summed E-state index contributed by atoms with van der Waals surface area (Å²) in [6.07, 6.45) is 0. The predicted octanol–water partition coefficient (Wildman–Crippen LogP) is 14.2. The van der Waals surface area contributed by atoms with Gasteiger partial charge in [0.2, 0.25) is 0 Å².